The second kappa shape index (κ2) is 8.17. The molecule has 7 heteroatoms. The summed E-state index contributed by atoms with van der Waals surface area (Å²) in [6, 6.07) is 0. The number of amides is 1. The molecule has 2 aliphatic rings. The zero-order valence-electron chi connectivity index (χ0n) is 13.2. The van der Waals surface area contributed by atoms with E-state index in [0.717, 1.165) is 58.4 Å². The van der Waals surface area contributed by atoms with Gasteiger partial charge < -0.3 is 19.9 Å². The van der Waals surface area contributed by atoms with E-state index in [2.05, 4.69) is 24.1 Å². The van der Waals surface area contributed by atoms with E-state index in [0.29, 0.717) is 0 Å². The molecule has 21 heavy (non-hydrogen) atoms. The minimum absolute atomic E-state index is 0. The van der Waals surface area contributed by atoms with E-state index in [1.165, 1.54) is 0 Å². The Hall–Kier alpha value is -0.570. The number of halogens is 1. The Morgan fingerprint density at radius 1 is 1.24 bits per heavy atom. The van der Waals surface area contributed by atoms with Gasteiger partial charge in [0.2, 0.25) is 5.91 Å². The molecular formula is C14H27IN4O2. The summed E-state index contributed by atoms with van der Waals surface area (Å²) in [5, 5.41) is 3.35. The van der Waals surface area contributed by atoms with Crippen LogP contribution in [0, 0.1) is 5.41 Å². The molecule has 0 atom stereocenters. The maximum absolute atomic E-state index is 11.4. The van der Waals surface area contributed by atoms with Crippen molar-refractivity contribution in [2.45, 2.75) is 20.8 Å². The highest BCUT2D eigenvalue weighted by Gasteiger charge is 2.33. The lowest BCUT2D eigenvalue weighted by Crippen LogP contribution is -2.54. The predicted molar refractivity (Wildman–Crippen MR) is 94.1 cm³/mol. The highest BCUT2D eigenvalue weighted by atomic mass is 127. The van der Waals surface area contributed by atoms with E-state index in [9.17, 15) is 4.79 Å². The molecule has 2 aliphatic heterocycles. The Labute approximate surface area is 144 Å². The average Bonchev–Trinajstić information content (AvgIpc) is 2.41. The fourth-order valence-electron chi connectivity index (χ4n) is 2.47. The zero-order valence-corrected chi connectivity index (χ0v) is 15.6. The molecule has 2 heterocycles. The molecule has 0 aromatic carbocycles. The minimum atomic E-state index is 0. The van der Waals surface area contributed by atoms with Gasteiger partial charge in [-0.05, 0) is 6.92 Å². The highest BCUT2D eigenvalue weighted by molar-refractivity contribution is 14.0. The summed E-state index contributed by atoms with van der Waals surface area (Å²) in [5.74, 6) is 1.12. The van der Waals surface area contributed by atoms with Gasteiger partial charge in [0.1, 0.15) is 0 Å². The zero-order chi connectivity index (χ0) is 14.6. The Balaban J connectivity index is 0.00000220. The average molecular weight is 410 g/mol. The number of aliphatic imine (C=N–C) groups is 1. The van der Waals surface area contributed by atoms with Crippen LogP contribution < -0.4 is 5.32 Å². The SMILES string of the molecule is CCNC(=NCC1(C)COC1)N1CCN(C(C)=O)CC1.I. The number of hydrogen-bond donors (Lipinski definition) is 1. The molecule has 6 nitrogen and oxygen atoms in total. The quantitative estimate of drug-likeness (QED) is 0.425. The fourth-order valence-corrected chi connectivity index (χ4v) is 2.47. The first-order valence-electron chi connectivity index (χ1n) is 7.40. The molecule has 0 aliphatic carbocycles. The second-order valence-electron chi connectivity index (χ2n) is 5.97. The Kier molecular flexibility index (Phi) is 7.19. The molecule has 0 saturated carbocycles. The number of guanidine groups is 1. The van der Waals surface area contributed by atoms with Crippen LogP contribution in [0.15, 0.2) is 4.99 Å². The third-order valence-electron chi connectivity index (χ3n) is 3.87. The van der Waals surface area contributed by atoms with Crippen LogP contribution in [-0.4, -0.2) is 74.1 Å². The smallest absolute Gasteiger partial charge is 0.219 e. The standard InChI is InChI=1S/C14H26N4O2.HI/c1-4-15-13(16-9-14(3)10-20-11-14)18-7-5-17(6-8-18)12(2)19;/h4-11H2,1-3H3,(H,15,16);1H. The van der Waals surface area contributed by atoms with Crippen molar-refractivity contribution in [2.24, 2.45) is 10.4 Å². The summed E-state index contributed by atoms with van der Waals surface area (Å²) in [6.45, 7) is 12.4. The summed E-state index contributed by atoms with van der Waals surface area (Å²) in [4.78, 5) is 20.2. The first-order valence-corrected chi connectivity index (χ1v) is 7.40. The van der Waals surface area contributed by atoms with Gasteiger partial charge >= 0.3 is 0 Å². The topological polar surface area (TPSA) is 57.2 Å². The van der Waals surface area contributed by atoms with Crippen LogP contribution in [0.5, 0.6) is 0 Å². The molecule has 2 rings (SSSR count). The lowest BCUT2D eigenvalue weighted by atomic mass is 9.89. The van der Waals surface area contributed by atoms with Gasteiger partial charge in [0.05, 0.1) is 19.8 Å². The van der Waals surface area contributed by atoms with Gasteiger partial charge in [-0.3, -0.25) is 9.79 Å². The van der Waals surface area contributed by atoms with E-state index in [1.807, 2.05) is 4.90 Å². The van der Waals surface area contributed by atoms with Crippen LogP contribution in [0.1, 0.15) is 20.8 Å². The molecule has 2 fully saturated rings. The van der Waals surface area contributed by atoms with E-state index in [1.54, 1.807) is 6.92 Å². The molecule has 0 aromatic rings. The maximum atomic E-state index is 11.4. The number of carbonyl (C=O) groups is 1. The van der Waals surface area contributed by atoms with Crippen molar-refractivity contribution >= 4 is 35.8 Å². The van der Waals surface area contributed by atoms with Crippen molar-refractivity contribution in [2.75, 3.05) is 52.5 Å². The van der Waals surface area contributed by atoms with Crippen molar-refractivity contribution in [3.05, 3.63) is 0 Å². The van der Waals surface area contributed by atoms with Crippen molar-refractivity contribution in [1.82, 2.24) is 15.1 Å². The third-order valence-corrected chi connectivity index (χ3v) is 3.87. The van der Waals surface area contributed by atoms with E-state index in [-0.39, 0.29) is 35.3 Å². The molecule has 0 aromatic heterocycles. The Morgan fingerprint density at radius 2 is 1.81 bits per heavy atom. The van der Waals surface area contributed by atoms with Gasteiger partial charge in [-0.25, -0.2) is 0 Å². The van der Waals surface area contributed by atoms with Crippen LogP contribution in [-0.2, 0) is 9.53 Å². The number of ether oxygens (including phenoxy) is 1. The molecule has 0 spiro atoms. The van der Waals surface area contributed by atoms with Crippen LogP contribution in [0.2, 0.25) is 0 Å². The van der Waals surface area contributed by atoms with Crippen molar-refractivity contribution in [3.63, 3.8) is 0 Å². The van der Waals surface area contributed by atoms with Crippen LogP contribution in [0.3, 0.4) is 0 Å². The number of piperazine rings is 1. The van der Waals surface area contributed by atoms with Gasteiger partial charge in [-0.2, -0.15) is 0 Å². The fraction of sp³-hybridized carbons (Fsp3) is 0.857. The molecular weight excluding hydrogens is 383 g/mol. The van der Waals surface area contributed by atoms with Crippen LogP contribution in [0.25, 0.3) is 0 Å². The van der Waals surface area contributed by atoms with Gasteiger partial charge in [-0.1, -0.05) is 6.92 Å². The molecule has 122 valence electrons. The summed E-state index contributed by atoms with van der Waals surface area (Å²) in [6.07, 6.45) is 0. The largest absolute Gasteiger partial charge is 0.380 e. The first kappa shape index (κ1) is 18.5. The maximum Gasteiger partial charge on any atom is 0.219 e. The molecule has 0 unspecified atom stereocenters. The summed E-state index contributed by atoms with van der Waals surface area (Å²) < 4.78 is 5.27. The molecule has 2 saturated heterocycles. The first-order chi connectivity index (χ1) is 9.54. The van der Waals surface area contributed by atoms with Gasteiger partial charge in [-0.15, -0.1) is 24.0 Å². The Morgan fingerprint density at radius 3 is 2.24 bits per heavy atom. The third kappa shape index (κ3) is 4.98. The number of rotatable bonds is 3. The van der Waals surface area contributed by atoms with E-state index >= 15 is 0 Å². The lowest BCUT2D eigenvalue weighted by molar-refractivity contribution is -0.130. The normalized spacial score (nSPS) is 21.4. The van der Waals surface area contributed by atoms with Gasteiger partial charge in [0.25, 0.3) is 0 Å². The summed E-state index contributed by atoms with van der Waals surface area (Å²) in [7, 11) is 0. The Bertz CT molecular complexity index is 377. The van der Waals surface area contributed by atoms with Crippen LogP contribution in [0.4, 0.5) is 0 Å². The van der Waals surface area contributed by atoms with Crippen molar-refractivity contribution in [1.29, 1.82) is 0 Å². The van der Waals surface area contributed by atoms with Crippen LogP contribution >= 0.6 is 24.0 Å². The molecule has 0 bridgehead atoms. The number of hydrogen-bond acceptors (Lipinski definition) is 3. The minimum Gasteiger partial charge on any atom is -0.380 e. The molecule has 1 N–H and O–H groups in total. The number of nitrogens with zero attached hydrogens (tertiary/aromatic N) is 3. The highest BCUT2D eigenvalue weighted by Crippen LogP contribution is 2.26. The monoisotopic (exact) mass is 410 g/mol. The van der Waals surface area contributed by atoms with Crippen molar-refractivity contribution < 1.29 is 9.53 Å². The summed E-state index contributed by atoms with van der Waals surface area (Å²) >= 11 is 0. The number of nitrogens with one attached hydrogen (secondary N) is 1. The molecule has 0 radical (unpaired) electrons. The lowest BCUT2D eigenvalue weighted by Gasteiger charge is -2.38. The van der Waals surface area contributed by atoms with Gasteiger partial charge in [0, 0.05) is 45.1 Å². The predicted octanol–water partition coefficient (Wildman–Crippen LogP) is 0.770. The van der Waals surface area contributed by atoms with E-state index < -0.39 is 0 Å². The number of carbonyl (C=O) groups excluding carboxylic acids is 1. The summed E-state index contributed by atoms with van der Waals surface area (Å²) in [5.41, 5.74) is 0.196. The van der Waals surface area contributed by atoms with Gasteiger partial charge in [0.15, 0.2) is 5.96 Å². The van der Waals surface area contributed by atoms with Crippen molar-refractivity contribution in [3.8, 4) is 0 Å². The van der Waals surface area contributed by atoms with E-state index in [4.69, 9.17) is 9.73 Å². The second-order valence-corrected chi connectivity index (χ2v) is 5.97. The molecule has 1 amide bonds.